The van der Waals surface area contributed by atoms with Crippen molar-refractivity contribution in [2.45, 2.75) is 33.9 Å². The average Bonchev–Trinajstić information content (AvgIpc) is 3.75. The van der Waals surface area contributed by atoms with Crippen LogP contribution >= 0.6 is 0 Å². The Morgan fingerprint density at radius 2 is 0.933 bits per heavy atom. The summed E-state index contributed by atoms with van der Waals surface area (Å²) < 4.78 is 48.0. The smallest absolute Gasteiger partial charge is 0.308 e. The molecule has 0 aliphatic carbocycles. The van der Waals surface area contributed by atoms with Crippen LogP contribution in [0, 0.1) is 39.0 Å². The maximum absolute atomic E-state index is 14.6. The van der Waals surface area contributed by atoms with E-state index in [4.69, 9.17) is 0 Å². The van der Waals surface area contributed by atoms with E-state index >= 15 is 0 Å². The van der Waals surface area contributed by atoms with E-state index in [1.165, 1.54) is 34.4 Å². The molecule has 0 spiro atoms. The molecule has 0 amide bonds. The summed E-state index contributed by atoms with van der Waals surface area (Å²) in [6, 6.07) is 53.5. The van der Waals surface area contributed by atoms with Crippen molar-refractivity contribution < 1.29 is 13.2 Å². The van der Waals surface area contributed by atoms with Gasteiger partial charge in [-0.25, -0.2) is 0 Å². The maximum atomic E-state index is 14.6. The van der Waals surface area contributed by atoms with Gasteiger partial charge in [0.15, 0.2) is 0 Å². The number of nitrogens with zero attached hydrogens (tertiary/aromatic N) is 3. The predicted octanol–water partition coefficient (Wildman–Crippen LogP) is 15.0. The van der Waals surface area contributed by atoms with E-state index in [2.05, 4.69) is 128 Å². The first-order valence-electron chi connectivity index (χ1n) is 20.0. The molecule has 0 aliphatic rings. The summed E-state index contributed by atoms with van der Waals surface area (Å²) >= 11 is 0. The topological polar surface area (TPSA) is 33.6 Å². The van der Waals surface area contributed by atoms with Crippen molar-refractivity contribution >= 4 is 43.6 Å². The molecular weight excluding hydrogens is 748 g/mol. The fourth-order valence-electron chi connectivity index (χ4n) is 9.25. The maximum Gasteiger partial charge on any atom is 0.416 e. The van der Waals surface area contributed by atoms with E-state index in [1.807, 2.05) is 48.5 Å². The van der Waals surface area contributed by atoms with Gasteiger partial charge >= 0.3 is 6.18 Å². The Hall–Kier alpha value is -7.36. The Morgan fingerprint density at radius 1 is 0.450 bits per heavy atom. The molecule has 0 radical (unpaired) electrons. The first-order chi connectivity index (χ1) is 29.0. The summed E-state index contributed by atoms with van der Waals surface area (Å²) in [7, 11) is 0. The zero-order valence-electron chi connectivity index (χ0n) is 33.5. The van der Waals surface area contributed by atoms with Gasteiger partial charge in [0.25, 0.3) is 0 Å². The number of rotatable bonds is 5. The van der Waals surface area contributed by atoms with Crippen LogP contribution in [0.5, 0.6) is 0 Å². The second-order valence-electron chi connectivity index (χ2n) is 15.9. The molecule has 10 rings (SSSR count). The highest BCUT2D eigenvalue weighted by Gasteiger charge is 2.32. The zero-order valence-corrected chi connectivity index (χ0v) is 33.5. The van der Waals surface area contributed by atoms with Crippen LogP contribution in [0.1, 0.15) is 33.4 Å². The van der Waals surface area contributed by atoms with Gasteiger partial charge in [0, 0.05) is 27.1 Å². The first-order valence-corrected chi connectivity index (χ1v) is 20.0. The van der Waals surface area contributed by atoms with Crippen LogP contribution in [0.2, 0.25) is 0 Å². The molecule has 10 aromatic rings. The quantitative estimate of drug-likeness (QED) is 0.171. The van der Waals surface area contributed by atoms with E-state index in [-0.39, 0.29) is 0 Å². The molecule has 290 valence electrons. The Balaban J connectivity index is 1.32. The lowest BCUT2D eigenvalue weighted by Crippen LogP contribution is -2.07. The van der Waals surface area contributed by atoms with Gasteiger partial charge in [0.1, 0.15) is 0 Å². The lowest BCUT2D eigenvalue weighted by Gasteiger charge is -2.21. The summed E-state index contributed by atoms with van der Waals surface area (Å²) in [5.74, 6) is 0. The van der Waals surface area contributed by atoms with Crippen molar-refractivity contribution in [1.82, 2.24) is 9.13 Å². The van der Waals surface area contributed by atoms with Crippen LogP contribution < -0.4 is 0 Å². The van der Waals surface area contributed by atoms with Crippen molar-refractivity contribution in [2.75, 3.05) is 0 Å². The number of halogens is 3. The second-order valence-corrected chi connectivity index (χ2v) is 15.9. The summed E-state index contributed by atoms with van der Waals surface area (Å²) in [5.41, 5.74) is 14.4. The second kappa shape index (κ2) is 13.9. The number of aromatic nitrogens is 2. The minimum atomic E-state index is -4.57. The van der Waals surface area contributed by atoms with Crippen molar-refractivity contribution in [2.24, 2.45) is 0 Å². The Morgan fingerprint density at radius 3 is 1.40 bits per heavy atom. The van der Waals surface area contributed by atoms with E-state index in [9.17, 15) is 18.4 Å². The third-order valence-electron chi connectivity index (χ3n) is 11.9. The van der Waals surface area contributed by atoms with Crippen LogP contribution in [-0.4, -0.2) is 9.13 Å². The molecule has 6 heteroatoms. The largest absolute Gasteiger partial charge is 0.416 e. The van der Waals surface area contributed by atoms with Crippen molar-refractivity contribution in [3.05, 3.63) is 191 Å². The third-order valence-corrected chi connectivity index (χ3v) is 11.9. The Labute approximate surface area is 345 Å². The normalized spacial score (nSPS) is 11.9. The van der Waals surface area contributed by atoms with Crippen LogP contribution in [-0.2, 0) is 6.18 Å². The molecule has 0 saturated carbocycles. The highest BCUT2D eigenvalue weighted by atomic mass is 19.4. The Bertz CT molecular complexity index is 3240. The average molecular weight is 786 g/mol. The molecular formula is C54H38F3N3. The van der Waals surface area contributed by atoms with Gasteiger partial charge in [-0.15, -0.1) is 0 Å². The lowest BCUT2D eigenvalue weighted by atomic mass is 9.96. The third kappa shape index (κ3) is 5.96. The zero-order chi connectivity index (χ0) is 41.4. The summed E-state index contributed by atoms with van der Waals surface area (Å²) in [6.07, 6.45) is -4.57. The fraction of sp³-hybridized carbons (Fsp3) is 0.0926. The first kappa shape index (κ1) is 36.9. The van der Waals surface area contributed by atoms with Crippen LogP contribution in [0.3, 0.4) is 0 Å². The molecule has 2 aromatic heterocycles. The van der Waals surface area contributed by atoms with Crippen LogP contribution in [0.15, 0.2) is 158 Å². The molecule has 0 N–H and O–H groups in total. The van der Waals surface area contributed by atoms with Crippen molar-refractivity contribution in [3.8, 4) is 50.8 Å². The number of nitriles is 1. The number of benzene rings is 8. The van der Waals surface area contributed by atoms with Gasteiger partial charge in [0.05, 0.1) is 50.6 Å². The van der Waals surface area contributed by atoms with E-state index < -0.39 is 11.7 Å². The van der Waals surface area contributed by atoms with E-state index in [1.54, 1.807) is 6.07 Å². The lowest BCUT2D eigenvalue weighted by molar-refractivity contribution is -0.137. The van der Waals surface area contributed by atoms with Crippen LogP contribution in [0.4, 0.5) is 13.2 Å². The summed E-state index contributed by atoms with van der Waals surface area (Å²) in [5, 5.41) is 14.7. The van der Waals surface area contributed by atoms with E-state index in [0.717, 1.165) is 71.9 Å². The molecule has 0 saturated heterocycles. The number of para-hydroxylation sites is 2. The highest BCUT2D eigenvalue weighted by molar-refractivity contribution is 6.13. The SMILES string of the molecule is Cc1ccc(-c2ccc3c(c2)c2ccccc2n3-c2cc(C#N)cc(-n3c4ccccc4c4cc(-c5ccc(C)cc5C)ccc43)c2-c2cccc(C(F)(F)F)c2)c(C)c1. The monoisotopic (exact) mass is 785 g/mol. The molecule has 8 aromatic carbocycles. The number of hydrogen-bond acceptors (Lipinski definition) is 1. The molecule has 0 bridgehead atoms. The van der Waals surface area contributed by atoms with E-state index in [0.29, 0.717) is 28.1 Å². The minimum Gasteiger partial charge on any atom is -0.308 e. The Kier molecular flexibility index (Phi) is 8.55. The molecule has 0 aliphatic heterocycles. The van der Waals surface area contributed by atoms with Gasteiger partial charge in [-0.1, -0.05) is 108 Å². The molecule has 0 fully saturated rings. The van der Waals surface area contributed by atoms with Crippen molar-refractivity contribution in [3.63, 3.8) is 0 Å². The molecule has 60 heavy (non-hydrogen) atoms. The standard InChI is InChI=1S/C54H38F3N3/c1-32-16-20-41(34(3)24-32)37-18-22-49-45(29-37)43-12-5-7-14-47(43)59(49)51-26-36(31-58)27-52(53(51)39-10-9-11-40(28-39)54(55,56)57)60-48-15-8-6-13-44(48)46-30-38(19-23-50(46)60)42-21-17-33(2)25-35(42)4/h5-30H,1-4H3. The fourth-order valence-corrected chi connectivity index (χ4v) is 9.25. The van der Waals surface area contributed by atoms with Gasteiger partial charge in [0.2, 0.25) is 0 Å². The van der Waals surface area contributed by atoms with Gasteiger partial charge < -0.3 is 9.13 Å². The van der Waals surface area contributed by atoms with Gasteiger partial charge in [-0.3, -0.25) is 0 Å². The minimum absolute atomic E-state index is 0.381. The predicted molar refractivity (Wildman–Crippen MR) is 240 cm³/mol. The van der Waals surface area contributed by atoms with Crippen LogP contribution in [0.25, 0.3) is 88.4 Å². The van der Waals surface area contributed by atoms with Gasteiger partial charge in [-0.05, 0) is 127 Å². The number of aryl methyl sites for hydroxylation is 4. The number of alkyl halides is 3. The number of fused-ring (bicyclic) bond motifs is 6. The molecule has 0 atom stereocenters. The molecule has 2 heterocycles. The summed E-state index contributed by atoms with van der Waals surface area (Å²) in [6.45, 7) is 8.40. The van der Waals surface area contributed by atoms with Crippen molar-refractivity contribution in [1.29, 1.82) is 5.26 Å². The highest BCUT2D eigenvalue weighted by Crippen LogP contribution is 2.45. The summed E-state index contributed by atoms with van der Waals surface area (Å²) in [4.78, 5) is 0. The van der Waals surface area contributed by atoms with Gasteiger partial charge in [-0.2, -0.15) is 18.4 Å². The molecule has 3 nitrogen and oxygen atoms in total. The number of hydrogen-bond donors (Lipinski definition) is 0. The molecule has 0 unspecified atom stereocenters.